The van der Waals surface area contributed by atoms with Gasteiger partial charge in [0.25, 0.3) is 11.8 Å². The first-order valence-corrected chi connectivity index (χ1v) is 12.3. The van der Waals surface area contributed by atoms with E-state index in [1.807, 2.05) is 41.3 Å². The molecule has 5 rings (SSSR count). The molecule has 0 aliphatic carbocycles. The van der Waals surface area contributed by atoms with Gasteiger partial charge in [0.1, 0.15) is 11.6 Å². The molecule has 0 spiro atoms. The molecule has 188 valence electrons. The van der Waals surface area contributed by atoms with Gasteiger partial charge < -0.3 is 24.8 Å². The highest BCUT2D eigenvalue weighted by atomic mass is 16.5. The van der Waals surface area contributed by atoms with Gasteiger partial charge in [0, 0.05) is 43.9 Å². The lowest BCUT2D eigenvalue weighted by molar-refractivity contribution is -0.137. The number of hydrogen-bond donors (Lipinski definition) is 1. The van der Waals surface area contributed by atoms with Gasteiger partial charge >= 0.3 is 0 Å². The Morgan fingerprint density at radius 1 is 1.00 bits per heavy atom. The predicted molar refractivity (Wildman–Crippen MR) is 133 cm³/mol. The average molecular weight is 490 g/mol. The summed E-state index contributed by atoms with van der Waals surface area (Å²) in [7, 11) is 0. The van der Waals surface area contributed by atoms with Crippen molar-refractivity contribution in [1.82, 2.24) is 30.0 Å². The van der Waals surface area contributed by atoms with E-state index in [-0.39, 0.29) is 24.5 Å². The van der Waals surface area contributed by atoms with E-state index in [9.17, 15) is 14.8 Å². The summed E-state index contributed by atoms with van der Waals surface area (Å²) in [6.45, 7) is 2.07. The second-order valence-corrected chi connectivity index (χ2v) is 9.05. The van der Waals surface area contributed by atoms with Crippen LogP contribution in [0.4, 0.5) is 0 Å². The van der Waals surface area contributed by atoms with Crippen LogP contribution >= 0.6 is 0 Å². The van der Waals surface area contributed by atoms with Gasteiger partial charge in [0.05, 0.1) is 6.04 Å². The van der Waals surface area contributed by atoms with E-state index in [1.165, 1.54) is 0 Å². The fourth-order valence-corrected chi connectivity index (χ4v) is 4.68. The minimum Gasteiger partial charge on any atom is -0.785 e. The van der Waals surface area contributed by atoms with Crippen molar-refractivity contribution in [3.8, 4) is 17.1 Å². The zero-order chi connectivity index (χ0) is 24.9. The van der Waals surface area contributed by atoms with Crippen molar-refractivity contribution in [1.29, 1.82) is 0 Å². The number of piperazine rings is 1. The number of nitrogens with zero attached hydrogens (tertiary/aromatic N) is 5. The highest BCUT2D eigenvalue weighted by Gasteiger charge is 2.31. The van der Waals surface area contributed by atoms with Gasteiger partial charge in [-0.2, -0.15) is 5.10 Å². The van der Waals surface area contributed by atoms with Gasteiger partial charge in [-0.1, -0.05) is 30.3 Å². The van der Waals surface area contributed by atoms with Crippen molar-refractivity contribution in [2.45, 2.75) is 25.3 Å². The summed E-state index contributed by atoms with van der Waals surface area (Å²) in [6, 6.07) is 16.3. The van der Waals surface area contributed by atoms with Crippen molar-refractivity contribution < 1.29 is 14.3 Å². The standard InChI is InChI=1S/C26H29N6O4/c33-23(18-36-21-9-2-1-3-10-21)32-12-5-4-11-22(32)25-27-24(28-29-25)19-7-6-8-20(17-19)26(34)30-13-15-31(35)16-14-30/h1-3,6-10,17,22H,4-5,11-16,18H2,(H,27,28,29)/q-1/t22-/m1/s1. The van der Waals surface area contributed by atoms with Crippen LogP contribution in [0.2, 0.25) is 0 Å². The summed E-state index contributed by atoms with van der Waals surface area (Å²) in [6.07, 6.45) is 2.71. The van der Waals surface area contributed by atoms with Crippen LogP contribution in [-0.4, -0.2) is 81.2 Å². The first-order valence-electron chi connectivity index (χ1n) is 12.3. The van der Waals surface area contributed by atoms with E-state index < -0.39 is 0 Å². The largest absolute Gasteiger partial charge is 0.785 e. The molecule has 2 amide bonds. The number of rotatable bonds is 6. The number of hydrogen-bond acceptors (Lipinski definition) is 7. The molecular formula is C26H29N6O4-. The van der Waals surface area contributed by atoms with Crippen LogP contribution in [0.5, 0.6) is 5.75 Å². The number of hydroxylamine groups is 2. The number of H-pyrrole nitrogens is 1. The van der Waals surface area contributed by atoms with Gasteiger partial charge in [-0.15, -0.1) is 0 Å². The molecular weight excluding hydrogens is 460 g/mol. The van der Waals surface area contributed by atoms with Gasteiger partial charge in [0.2, 0.25) is 0 Å². The normalized spacial score (nSPS) is 18.8. The Labute approximate surface area is 209 Å². The molecule has 0 saturated carbocycles. The second kappa shape index (κ2) is 10.9. The number of likely N-dealkylation sites (tertiary alicyclic amines) is 1. The Morgan fingerprint density at radius 3 is 2.61 bits per heavy atom. The van der Waals surface area contributed by atoms with Crippen LogP contribution in [0, 0.1) is 5.21 Å². The summed E-state index contributed by atoms with van der Waals surface area (Å²) < 4.78 is 5.68. The predicted octanol–water partition coefficient (Wildman–Crippen LogP) is 2.86. The fourth-order valence-electron chi connectivity index (χ4n) is 4.68. The average Bonchev–Trinajstić information content (AvgIpc) is 3.43. The molecule has 3 aromatic rings. The quantitative estimate of drug-likeness (QED) is 0.566. The Kier molecular flexibility index (Phi) is 7.24. The molecule has 1 N–H and O–H groups in total. The number of para-hydroxylation sites is 1. The Bertz CT molecular complexity index is 1190. The van der Waals surface area contributed by atoms with Gasteiger partial charge in [-0.25, -0.2) is 4.98 Å². The molecule has 10 heteroatoms. The number of aromatic nitrogens is 3. The Morgan fingerprint density at radius 2 is 1.81 bits per heavy atom. The number of piperidine rings is 1. The van der Waals surface area contributed by atoms with E-state index in [0.29, 0.717) is 61.2 Å². The molecule has 2 fully saturated rings. The molecule has 2 aliphatic heterocycles. The van der Waals surface area contributed by atoms with E-state index >= 15 is 0 Å². The lowest BCUT2D eigenvalue weighted by Gasteiger charge is -2.38. The molecule has 2 aromatic carbocycles. The molecule has 10 nitrogen and oxygen atoms in total. The highest BCUT2D eigenvalue weighted by molar-refractivity contribution is 5.95. The number of benzene rings is 2. The number of aromatic amines is 1. The second-order valence-electron chi connectivity index (χ2n) is 9.05. The van der Waals surface area contributed by atoms with Crippen molar-refractivity contribution >= 4 is 11.8 Å². The van der Waals surface area contributed by atoms with Crippen molar-refractivity contribution in [3.63, 3.8) is 0 Å². The molecule has 2 aliphatic rings. The third-order valence-corrected chi connectivity index (χ3v) is 6.64. The van der Waals surface area contributed by atoms with Crippen LogP contribution < -0.4 is 4.74 Å². The third kappa shape index (κ3) is 5.39. The summed E-state index contributed by atoms with van der Waals surface area (Å²) in [4.78, 5) is 34.1. The topological polar surface area (TPSA) is 118 Å². The van der Waals surface area contributed by atoms with Crippen molar-refractivity contribution in [2.24, 2.45) is 0 Å². The highest BCUT2D eigenvalue weighted by Crippen LogP contribution is 2.30. The maximum atomic E-state index is 13.0. The maximum Gasteiger partial charge on any atom is 0.261 e. The molecule has 36 heavy (non-hydrogen) atoms. The lowest BCUT2D eigenvalue weighted by Crippen LogP contribution is -2.46. The molecule has 0 bridgehead atoms. The first kappa shape index (κ1) is 24.0. The summed E-state index contributed by atoms with van der Waals surface area (Å²) >= 11 is 0. The van der Waals surface area contributed by atoms with Crippen LogP contribution in [0.25, 0.3) is 11.4 Å². The molecule has 3 heterocycles. The molecule has 2 saturated heterocycles. The first-order chi connectivity index (χ1) is 17.6. The Hall–Kier alpha value is -3.76. The van der Waals surface area contributed by atoms with E-state index in [4.69, 9.17) is 9.72 Å². The molecule has 0 unspecified atom stereocenters. The van der Waals surface area contributed by atoms with Gasteiger partial charge in [-0.3, -0.25) is 14.7 Å². The zero-order valence-corrected chi connectivity index (χ0v) is 20.0. The maximum absolute atomic E-state index is 13.0. The van der Waals surface area contributed by atoms with Gasteiger partial charge in [0.15, 0.2) is 12.4 Å². The monoisotopic (exact) mass is 489 g/mol. The number of carbonyl (C=O) groups excluding carboxylic acids is 2. The van der Waals surface area contributed by atoms with Crippen LogP contribution in [0.3, 0.4) is 0 Å². The number of amides is 2. The lowest BCUT2D eigenvalue weighted by atomic mass is 10.0. The van der Waals surface area contributed by atoms with E-state index in [0.717, 1.165) is 24.3 Å². The summed E-state index contributed by atoms with van der Waals surface area (Å²) in [5, 5.41) is 19.8. The third-order valence-electron chi connectivity index (χ3n) is 6.64. The molecule has 0 radical (unpaired) electrons. The fraction of sp³-hybridized carbons (Fsp3) is 0.385. The van der Waals surface area contributed by atoms with Crippen molar-refractivity contribution in [3.05, 3.63) is 71.2 Å². The van der Waals surface area contributed by atoms with E-state index in [2.05, 4.69) is 10.2 Å². The molecule has 1 atom stereocenters. The van der Waals surface area contributed by atoms with E-state index in [1.54, 1.807) is 23.1 Å². The summed E-state index contributed by atoms with van der Waals surface area (Å²) in [5.74, 6) is 1.56. The Balaban J connectivity index is 1.28. The number of carbonyl (C=O) groups is 2. The SMILES string of the molecule is O=C(c1cccc(-c2n[nH]c([C@H]3CCCCN3C(=O)COc3ccccc3)n2)c1)N1CCN([O-])CC1. The minimum atomic E-state index is -0.208. The van der Waals surface area contributed by atoms with Crippen molar-refractivity contribution in [2.75, 3.05) is 39.3 Å². The van der Waals surface area contributed by atoms with Crippen LogP contribution in [0.1, 0.15) is 41.5 Å². The van der Waals surface area contributed by atoms with Crippen LogP contribution in [-0.2, 0) is 4.79 Å². The minimum absolute atomic E-state index is 0.0354. The summed E-state index contributed by atoms with van der Waals surface area (Å²) in [5.41, 5.74) is 1.25. The van der Waals surface area contributed by atoms with Crippen LogP contribution in [0.15, 0.2) is 54.6 Å². The zero-order valence-electron chi connectivity index (χ0n) is 20.0. The number of ether oxygens (including phenoxy) is 1. The number of nitrogens with one attached hydrogen (secondary N) is 1. The van der Waals surface area contributed by atoms with Gasteiger partial charge in [-0.05, 0) is 43.5 Å². The smallest absolute Gasteiger partial charge is 0.261 e. The molecule has 1 aromatic heterocycles.